The number of hydrogen-bond donors (Lipinski definition) is 0. The summed E-state index contributed by atoms with van der Waals surface area (Å²) in [6, 6.07) is 7.20. The van der Waals surface area contributed by atoms with Crippen molar-refractivity contribution in [2.45, 2.75) is 20.8 Å². The molecule has 0 amide bonds. The predicted molar refractivity (Wildman–Crippen MR) is 90.8 cm³/mol. The highest BCUT2D eigenvalue weighted by Gasteiger charge is 2.13. The molecule has 0 fully saturated rings. The van der Waals surface area contributed by atoms with Crippen LogP contribution in [0, 0.1) is 20.8 Å². The summed E-state index contributed by atoms with van der Waals surface area (Å²) in [6.45, 7) is 5.70. The van der Waals surface area contributed by atoms with Gasteiger partial charge in [-0.25, -0.2) is 4.68 Å². The molecule has 3 aromatic rings. The van der Waals surface area contributed by atoms with Gasteiger partial charge in [-0.15, -0.1) is 10.2 Å². The minimum Gasteiger partial charge on any atom is -0.202 e. The Bertz CT molecular complexity index is 894. The lowest BCUT2D eigenvalue weighted by Crippen LogP contribution is -2.08. The standard InChI is InChI=1S/C15H14Cl2N6/c1-9-6-10(2)22(21-9)15-20-19-11(3)23(15)18-8-12-4-5-13(16)7-14(12)17/h4-8H,1-3H3/b18-8-. The van der Waals surface area contributed by atoms with Crippen LogP contribution in [-0.4, -0.2) is 30.9 Å². The second-order valence-corrected chi connectivity index (χ2v) is 5.95. The van der Waals surface area contributed by atoms with Crippen molar-refractivity contribution in [3.63, 3.8) is 0 Å². The molecule has 0 atom stereocenters. The van der Waals surface area contributed by atoms with Gasteiger partial charge in [0.2, 0.25) is 0 Å². The van der Waals surface area contributed by atoms with Crippen LogP contribution in [0.15, 0.2) is 29.4 Å². The van der Waals surface area contributed by atoms with Gasteiger partial charge in [0.15, 0.2) is 5.82 Å². The summed E-state index contributed by atoms with van der Waals surface area (Å²) in [4.78, 5) is 0. The van der Waals surface area contributed by atoms with E-state index in [4.69, 9.17) is 23.2 Å². The van der Waals surface area contributed by atoms with Crippen molar-refractivity contribution in [2.75, 3.05) is 0 Å². The van der Waals surface area contributed by atoms with Gasteiger partial charge >= 0.3 is 0 Å². The maximum atomic E-state index is 6.16. The number of aryl methyl sites for hydroxylation is 3. The summed E-state index contributed by atoms with van der Waals surface area (Å²) in [5, 5.41) is 18.2. The van der Waals surface area contributed by atoms with Gasteiger partial charge in [-0.05, 0) is 39.0 Å². The molecule has 0 saturated carbocycles. The van der Waals surface area contributed by atoms with E-state index in [0.717, 1.165) is 17.0 Å². The zero-order valence-corrected chi connectivity index (χ0v) is 14.3. The molecule has 2 heterocycles. The predicted octanol–water partition coefficient (Wildman–Crippen LogP) is 3.58. The van der Waals surface area contributed by atoms with Crippen molar-refractivity contribution < 1.29 is 0 Å². The highest BCUT2D eigenvalue weighted by molar-refractivity contribution is 6.36. The molecule has 0 radical (unpaired) electrons. The van der Waals surface area contributed by atoms with Gasteiger partial charge in [-0.2, -0.15) is 14.9 Å². The lowest BCUT2D eigenvalue weighted by atomic mass is 10.2. The van der Waals surface area contributed by atoms with Gasteiger partial charge in [-0.1, -0.05) is 29.3 Å². The van der Waals surface area contributed by atoms with E-state index in [1.165, 1.54) is 0 Å². The largest absolute Gasteiger partial charge is 0.273 e. The summed E-state index contributed by atoms with van der Waals surface area (Å²) in [7, 11) is 0. The molecule has 2 aromatic heterocycles. The van der Waals surface area contributed by atoms with Crippen LogP contribution in [0.2, 0.25) is 10.0 Å². The molecular weight excluding hydrogens is 335 g/mol. The summed E-state index contributed by atoms with van der Waals surface area (Å²) < 4.78 is 3.32. The summed E-state index contributed by atoms with van der Waals surface area (Å²) >= 11 is 12.1. The molecule has 0 aliphatic heterocycles. The molecular formula is C15H14Cl2N6. The topological polar surface area (TPSA) is 60.9 Å². The number of aromatic nitrogens is 5. The summed E-state index contributed by atoms with van der Waals surface area (Å²) in [5.41, 5.74) is 2.61. The smallest absolute Gasteiger partial charge is 0.202 e. The van der Waals surface area contributed by atoms with Crippen LogP contribution in [0.4, 0.5) is 0 Å². The molecule has 6 nitrogen and oxygen atoms in total. The molecule has 0 N–H and O–H groups in total. The van der Waals surface area contributed by atoms with Crippen LogP contribution in [0.1, 0.15) is 22.8 Å². The third-order valence-corrected chi connectivity index (χ3v) is 3.82. The number of halogens is 2. The van der Waals surface area contributed by atoms with Gasteiger partial charge < -0.3 is 0 Å². The Hall–Kier alpha value is -2.18. The summed E-state index contributed by atoms with van der Waals surface area (Å²) in [6.07, 6.45) is 1.64. The maximum absolute atomic E-state index is 6.16. The highest BCUT2D eigenvalue weighted by atomic mass is 35.5. The lowest BCUT2D eigenvalue weighted by molar-refractivity contribution is 0.708. The Morgan fingerprint density at radius 1 is 1.09 bits per heavy atom. The Balaban J connectivity index is 2.02. The molecule has 8 heteroatoms. The van der Waals surface area contributed by atoms with Crippen LogP contribution in [0.3, 0.4) is 0 Å². The monoisotopic (exact) mass is 348 g/mol. The molecule has 0 unspecified atom stereocenters. The first-order chi connectivity index (χ1) is 11.0. The van der Waals surface area contributed by atoms with E-state index in [2.05, 4.69) is 20.4 Å². The molecule has 3 rings (SSSR count). The number of hydrogen-bond acceptors (Lipinski definition) is 4. The van der Waals surface area contributed by atoms with Crippen molar-refractivity contribution in [1.82, 2.24) is 24.7 Å². The number of benzene rings is 1. The van der Waals surface area contributed by atoms with E-state index >= 15 is 0 Å². The molecule has 0 saturated heterocycles. The van der Waals surface area contributed by atoms with Gasteiger partial charge in [-0.3, -0.25) is 0 Å². The van der Waals surface area contributed by atoms with Crippen LogP contribution in [0.25, 0.3) is 5.95 Å². The first kappa shape index (κ1) is 15.7. The Kier molecular flexibility index (Phi) is 4.19. The Morgan fingerprint density at radius 2 is 1.87 bits per heavy atom. The zero-order chi connectivity index (χ0) is 16.6. The summed E-state index contributed by atoms with van der Waals surface area (Å²) in [5.74, 6) is 1.17. The molecule has 0 bridgehead atoms. The van der Waals surface area contributed by atoms with Crippen molar-refractivity contribution in [1.29, 1.82) is 0 Å². The van der Waals surface area contributed by atoms with E-state index in [1.807, 2.05) is 26.8 Å². The fourth-order valence-electron chi connectivity index (χ4n) is 2.17. The highest BCUT2D eigenvalue weighted by Crippen LogP contribution is 2.20. The zero-order valence-electron chi connectivity index (χ0n) is 12.8. The molecule has 118 valence electrons. The molecule has 0 spiro atoms. The van der Waals surface area contributed by atoms with Crippen molar-refractivity contribution >= 4 is 29.4 Å². The van der Waals surface area contributed by atoms with Gasteiger partial charge in [0, 0.05) is 16.3 Å². The second-order valence-electron chi connectivity index (χ2n) is 5.11. The van der Waals surface area contributed by atoms with Crippen LogP contribution >= 0.6 is 23.2 Å². The van der Waals surface area contributed by atoms with E-state index < -0.39 is 0 Å². The molecule has 1 aromatic carbocycles. The van der Waals surface area contributed by atoms with E-state index in [-0.39, 0.29) is 0 Å². The maximum Gasteiger partial charge on any atom is 0.273 e. The second kappa shape index (κ2) is 6.14. The Labute approximate surface area is 143 Å². The van der Waals surface area contributed by atoms with Crippen LogP contribution in [0.5, 0.6) is 0 Å². The molecule has 0 aliphatic carbocycles. The average molecular weight is 349 g/mol. The average Bonchev–Trinajstić information content (AvgIpc) is 3.00. The first-order valence-corrected chi connectivity index (χ1v) is 7.66. The molecule has 0 aliphatic rings. The number of rotatable bonds is 3. The third-order valence-electron chi connectivity index (χ3n) is 3.25. The Morgan fingerprint density at radius 3 is 2.52 bits per heavy atom. The van der Waals surface area contributed by atoms with E-state index in [9.17, 15) is 0 Å². The van der Waals surface area contributed by atoms with Crippen molar-refractivity contribution in [3.05, 3.63) is 57.1 Å². The quantitative estimate of drug-likeness (QED) is 0.679. The first-order valence-electron chi connectivity index (χ1n) is 6.91. The lowest BCUT2D eigenvalue weighted by Gasteiger charge is -2.04. The molecule has 23 heavy (non-hydrogen) atoms. The minimum absolute atomic E-state index is 0.523. The fourth-order valence-corrected chi connectivity index (χ4v) is 2.63. The van der Waals surface area contributed by atoms with Crippen molar-refractivity contribution in [3.8, 4) is 5.95 Å². The normalized spacial score (nSPS) is 11.5. The van der Waals surface area contributed by atoms with Crippen LogP contribution < -0.4 is 0 Å². The van der Waals surface area contributed by atoms with Crippen molar-refractivity contribution in [2.24, 2.45) is 5.10 Å². The van der Waals surface area contributed by atoms with Gasteiger partial charge in [0.25, 0.3) is 5.95 Å². The third kappa shape index (κ3) is 3.13. The fraction of sp³-hybridized carbons (Fsp3) is 0.200. The van der Waals surface area contributed by atoms with Gasteiger partial charge in [0.1, 0.15) is 0 Å². The van der Waals surface area contributed by atoms with E-state index in [0.29, 0.717) is 21.8 Å². The van der Waals surface area contributed by atoms with Gasteiger partial charge in [0.05, 0.1) is 16.9 Å². The number of nitrogens with zero attached hydrogens (tertiary/aromatic N) is 6. The van der Waals surface area contributed by atoms with E-state index in [1.54, 1.807) is 33.8 Å². The minimum atomic E-state index is 0.523. The van der Waals surface area contributed by atoms with Crippen LogP contribution in [-0.2, 0) is 0 Å². The SMILES string of the molecule is Cc1cc(C)n(-c2nnc(C)n2/N=C\c2ccc(Cl)cc2Cl)n1.